The third kappa shape index (κ3) is 4.42. The molecule has 1 aliphatic rings. The zero-order chi connectivity index (χ0) is 19.9. The number of carbonyl (C=O) groups is 2. The molecule has 0 aliphatic carbocycles. The summed E-state index contributed by atoms with van der Waals surface area (Å²) < 4.78 is 5.36. The minimum Gasteiger partial charge on any atom is -0.495 e. The number of fused-ring (bicyclic) bond motifs is 1. The Kier molecular flexibility index (Phi) is 6.48. The minimum absolute atomic E-state index is 0.0242. The molecule has 0 aromatic heterocycles. The van der Waals surface area contributed by atoms with E-state index < -0.39 is 5.92 Å². The van der Waals surface area contributed by atoms with Crippen molar-refractivity contribution in [3.8, 4) is 5.75 Å². The van der Waals surface area contributed by atoms with Gasteiger partial charge in [-0.05, 0) is 23.6 Å². The summed E-state index contributed by atoms with van der Waals surface area (Å²) in [7, 11) is 1.56. The van der Waals surface area contributed by atoms with Crippen LogP contribution in [-0.4, -0.2) is 36.9 Å². The normalized spacial score (nSPS) is 15.8. The lowest BCUT2D eigenvalue weighted by atomic mass is 9.89. The fraction of sp³-hybridized carbons (Fsp3) is 0.304. The summed E-state index contributed by atoms with van der Waals surface area (Å²) in [5.74, 6) is -0.0968. The van der Waals surface area contributed by atoms with Gasteiger partial charge in [-0.1, -0.05) is 61.5 Å². The molecule has 0 bridgehead atoms. The fourth-order valence-electron chi connectivity index (χ4n) is 3.51. The molecule has 0 saturated heterocycles. The zero-order valence-electron chi connectivity index (χ0n) is 16.4. The Morgan fingerprint density at radius 2 is 2.00 bits per heavy atom. The van der Waals surface area contributed by atoms with Gasteiger partial charge in [-0.15, -0.1) is 0 Å². The van der Waals surface area contributed by atoms with Gasteiger partial charge in [0.15, 0.2) is 0 Å². The van der Waals surface area contributed by atoms with E-state index in [2.05, 4.69) is 5.32 Å². The lowest BCUT2D eigenvalue weighted by Crippen LogP contribution is -2.39. The molecule has 0 radical (unpaired) electrons. The number of methoxy groups -OCH3 is 1. The summed E-state index contributed by atoms with van der Waals surface area (Å²) in [4.78, 5) is 27.4. The van der Waals surface area contributed by atoms with Gasteiger partial charge in [0.25, 0.3) is 0 Å². The molecule has 1 aliphatic heterocycles. The second-order valence-electron chi connectivity index (χ2n) is 6.83. The van der Waals surface area contributed by atoms with Crippen LogP contribution in [0.15, 0.2) is 54.6 Å². The third-order valence-corrected chi connectivity index (χ3v) is 4.85. The van der Waals surface area contributed by atoms with E-state index in [1.165, 1.54) is 0 Å². The molecular weight excluding hydrogens is 352 g/mol. The predicted molar refractivity (Wildman–Crippen MR) is 111 cm³/mol. The van der Waals surface area contributed by atoms with Gasteiger partial charge in [0.1, 0.15) is 5.75 Å². The number of hydrogen-bond acceptors (Lipinski definition) is 3. The molecule has 0 fully saturated rings. The Labute approximate surface area is 166 Å². The Hall–Kier alpha value is -3.08. The molecule has 0 unspecified atom stereocenters. The highest BCUT2D eigenvalue weighted by Crippen LogP contribution is 2.39. The first-order chi connectivity index (χ1) is 13.6. The van der Waals surface area contributed by atoms with Gasteiger partial charge in [-0.3, -0.25) is 9.59 Å². The molecule has 3 rings (SSSR count). The van der Waals surface area contributed by atoms with Crippen molar-refractivity contribution in [1.82, 2.24) is 4.90 Å². The van der Waals surface area contributed by atoms with E-state index in [-0.39, 0.29) is 18.2 Å². The average Bonchev–Trinajstić information content (AvgIpc) is 2.72. The molecular formula is C23H26N2O3. The number of anilines is 1. The van der Waals surface area contributed by atoms with Gasteiger partial charge in [-0.25, -0.2) is 0 Å². The highest BCUT2D eigenvalue weighted by Gasteiger charge is 2.34. The van der Waals surface area contributed by atoms with Crippen LogP contribution in [0.2, 0.25) is 0 Å². The van der Waals surface area contributed by atoms with Crippen LogP contribution in [0, 0.1) is 0 Å². The SMILES string of the molecule is CCCN(C/C=C/c1ccccc1)C(=O)[C@@H]1CC(=O)Nc2c(OC)cccc21. The third-order valence-electron chi connectivity index (χ3n) is 4.85. The Balaban J connectivity index is 1.82. The smallest absolute Gasteiger partial charge is 0.231 e. The van der Waals surface area contributed by atoms with E-state index in [4.69, 9.17) is 4.74 Å². The molecule has 146 valence electrons. The summed E-state index contributed by atoms with van der Waals surface area (Å²) in [5.41, 5.74) is 2.52. The standard InChI is InChI=1S/C23H26N2O3/c1-3-14-25(15-8-11-17-9-5-4-6-10-17)23(27)19-16-21(26)24-22-18(19)12-7-13-20(22)28-2/h4-13,19H,3,14-16H2,1-2H3,(H,24,26)/b11-8+/t19-/m1/s1. The lowest BCUT2D eigenvalue weighted by Gasteiger charge is -2.30. The maximum absolute atomic E-state index is 13.3. The molecule has 1 heterocycles. The van der Waals surface area contributed by atoms with Crippen molar-refractivity contribution in [3.05, 3.63) is 65.7 Å². The molecule has 1 atom stereocenters. The molecule has 2 aromatic carbocycles. The van der Waals surface area contributed by atoms with Crippen molar-refractivity contribution in [2.24, 2.45) is 0 Å². The van der Waals surface area contributed by atoms with Gasteiger partial charge >= 0.3 is 0 Å². The molecule has 0 spiro atoms. The number of para-hydroxylation sites is 1. The summed E-state index contributed by atoms with van der Waals surface area (Å²) in [6, 6.07) is 15.5. The van der Waals surface area contributed by atoms with Crippen LogP contribution in [0.4, 0.5) is 5.69 Å². The van der Waals surface area contributed by atoms with Crippen molar-refractivity contribution in [3.63, 3.8) is 0 Å². The number of hydrogen-bond donors (Lipinski definition) is 1. The van der Waals surface area contributed by atoms with Crippen molar-refractivity contribution in [1.29, 1.82) is 0 Å². The molecule has 1 N–H and O–H groups in total. The molecule has 5 heteroatoms. The van der Waals surface area contributed by atoms with Gasteiger partial charge in [0.2, 0.25) is 11.8 Å². The van der Waals surface area contributed by atoms with Gasteiger partial charge < -0.3 is 15.0 Å². The van der Waals surface area contributed by atoms with Crippen molar-refractivity contribution < 1.29 is 14.3 Å². The van der Waals surface area contributed by atoms with E-state index >= 15 is 0 Å². The summed E-state index contributed by atoms with van der Waals surface area (Å²) in [6.45, 7) is 3.21. The maximum atomic E-state index is 13.3. The molecule has 28 heavy (non-hydrogen) atoms. The van der Waals surface area contributed by atoms with Gasteiger partial charge in [0, 0.05) is 19.5 Å². The first-order valence-electron chi connectivity index (χ1n) is 9.61. The number of ether oxygens (including phenoxy) is 1. The largest absolute Gasteiger partial charge is 0.495 e. The van der Waals surface area contributed by atoms with Crippen LogP contribution in [0.3, 0.4) is 0 Å². The van der Waals surface area contributed by atoms with E-state index in [0.29, 0.717) is 24.5 Å². The van der Waals surface area contributed by atoms with Gasteiger partial charge in [0.05, 0.1) is 18.7 Å². The van der Waals surface area contributed by atoms with Crippen LogP contribution in [-0.2, 0) is 9.59 Å². The van der Waals surface area contributed by atoms with Crippen LogP contribution in [0.1, 0.15) is 36.8 Å². The zero-order valence-corrected chi connectivity index (χ0v) is 16.4. The molecule has 2 amide bonds. The Morgan fingerprint density at radius 3 is 2.71 bits per heavy atom. The van der Waals surface area contributed by atoms with Crippen LogP contribution < -0.4 is 10.1 Å². The summed E-state index contributed by atoms with van der Waals surface area (Å²) >= 11 is 0. The summed E-state index contributed by atoms with van der Waals surface area (Å²) in [5, 5.41) is 2.85. The highest BCUT2D eigenvalue weighted by atomic mass is 16.5. The minimum atomic E-state index is -0.490. The monoisotopic (exact) mass is 378 g/mol. The molecule has 5 nitrogen and oxygen atoms in total. The van der Waals surface area contributed by atoms with E-state index in [9.17, 15) is 9.59 Å². The number of nitrogens with one attached hydrogen (secondary N) is 1. The van der Waals surface area contributed by atoms with E-state index in [1.54, 1.807) is 13.2 Å². The predicted octanol–water partition coefficient (Wildman–Crippen LogP) is 4.07. The fourth-order valence-corrected chi connectivity index (χ4v) is 3.51. The van der Waals surface area contributed by atoms with E-state index in [0.717, 1.165) is 17.5 Å². The van der Waals surface area contributed by atoms with Crippen LogP contribution in [0.25, 0.3) is 6.08 Å². The van der Waals surface area contributed by atoms with E-state index in [1.807, 2.05) is 66.4 Å². The van der Waals surface area contributed by atoms with Crippen molar-refractivity contribution >= 4 is 23.6 Å². The highest BCUT2D eigenvalue weighted by molar-refractivity contribution is 6.02. The Bertz CT molecular complexity index is 861. The first-order valence-corrected chi connectivity index (χ1v) is 9.61. The number of nitrogens with zero attached hydrogens (tertiary/aromatic N) is 1. The number of amides is 2. The maximum Gasteiger partial charge on any atom is 0.231 e. The van der Waals surface area contributed by atoms with Crippen LogP contribution in [0.5, 0.6) is 5.75 Å². The quantitative estimate of drug-likeness (QED) is 0.790. The second-order valence-corrected chi connectivity index (χ2v) is 6.83. The number of rotatable bonds is 7. The van der Waals surface area contributed by atoms with Crippen molar-refractivity contribution in [2.75, 3.05) is 25.5 Å². The van der Waals surface area contributed by atoms with Crippen molar-refractivity contribution in [2.45, 2.75) is 25.7 Å². The number of benzene rings is 2. The molecule has 0 saturated carbocycles. The average molecular weight is 378 g/mol. The Morgan fingerprint density at radius 1 is 1.21 bits per heavy atom. The lowest BCUT2D eigenvalue weighted by molar-refractivity contribution is -0.134. The topological polar surface area (TPSA) is 58.6 Å². The number of carbonyl (C=O) groups excluding carboxylic acids is 2. The second kappa shape index (κ2) is 9.22. The molecule has 2 aromatic rings. The first kappa shape index (κ1) is 19.7. The summed E-state index contributed by atoms with van der Waals surface area (Å²) in [6.07, 6.45) is 5.02. The van der Waals surface area contributed by atoms with Gasteiger partial charge in [-0.2, -0.15) is 0 Å². The van der Waals surface area contributed by atoms with Crippen LogP contribution >= 0.6 is 0 Å².